The number of hydrogen-bond donors (Lipinski definition) is 1. The van der Waals surface area contributed by atoms with E-state index in [0.29, 0.717) is 24.5 Å². The van der Waals surface area contributed by atoms with E-state index in [1.807, 2.05) is 51.1 Å². The number of amides is 1. The van der Waals surface area contributed by atoms with Gasteiger partial charge in [-0.2, -0.15) is 0 Å². The first-order chi connectivity index (χ1) is 12.0. The molecule has 0 radical (unpaired) electrons. The van der Waals surface area contributed by atoms with E-state index in [4.69, 9.17) is 9.47 Å². The lowest BCUT2D eigenvalue weighted by molar-refractivity contribution is -0.122. The summed E-state index contributed by atoms with van der Waals surface area (Å²) in [6.07, 6.45) is 1.73. The highest BCUT2D eigenvalue weighted by Crippen LogP contribution is 2.20. The molecule has 0 aromatic heterocycles. The molecule has 0 fully saturated rings. The van der Waals surface area contributed by atoms with Gasteiger partial charge in [-0.15, -0.1) is 0 Å². The molecule has 0 unspecified atom stereocenters. The summed E-state index contributed by atoms with van der Waals surface area (Å²) in [5, 5.41) is 2.88. The minimum atomic E-state index is -0.543. The minimum absolute atomic E-state index is 0.166. The molecule has 2 aromatic rings. The average molecular weight is 339 g/mol. The van der Waals surface area contributed by atoms with Gasteiger partial charge in [0, 0.05) is 5.69 Å². The van der Waals surface area contributed by atoms with Crippen molar-refractivity contribution in [1.29, 1.82) is 0 Å². The van der Waals surface area contributed by atoms with Crippen molar-refractivity contribution in [2.75, 3.05) is 11.9 Å². The molecular formula is C21H25NO3. The molecule has 132 valence electrons. The average Bonchev–Trinajstić information content (AvgIpc) is 2.62. The van der Waals surface area contributed by atoms with Crippen molar-refractivity contribution < 1.29 is 14.3 Å². The lowest BCUT2D eigenvalue weighted by atomic mass is 10.1. The Bertz CT molecular complexity index is 722. The largest absolute Gasteiger partial charge is 0.490 e. The Kier molecular flexibility index (Phi) is 6.63. The zero-order valence-electron chi connectivity index (χ0n) is 15.0. The number of hydrogen-bond acceptors (Lipinski definition) is 3. The van der Waals surface area contributed by atoms with Crippen molar-refractivity contribution in [2.45, 2.75) is 33.3 Å². The number of aryl methyl sites for hydroxylation is 2. The Morgan fingerprint density at radius 3 is 2.40 bits per heavy atom. The third-order valence-corrected chi connectivity index (χ3v) is 3.91. The second kappa shape index (κ2) is 8.92. The molecule has 0 aliphatic rings. The zero-order chi connectivity index (χ0) is 18.2. The molecule has 1 N–H and O–H groups in total. The Hall–Kier alpha value is -2.75. The maximum absolute atomic E-state index is 12.5. The summed E-state index contributed by atoms with van der Waals surface area (Å²) in [7, 11) is 0. The highest BCUT2D eigenvalue weighted by Gasteiger charge is 2.18. The lowest BCUT2D eigenvalue weighted by Gasteiger charge is -2.18. The van der Waals surface area contributed by atoms with Crippen LogP contribution in [0.25, 0.3) is 0 Å². The maximum Gasteiger partial charge on any atom is 0.265 e. The van der Waals surface area contributed by atoms with E-state index >= 15 is 0 Å². The number of carbonyl (C=O) groups is 1. The number of ether oxygens (including phenoxy) is 2. The summed E-state index contributed by atoms with van der Waals surface area (Å²) < 4.78 is 11.3. The van der Waals surface area contributed by atoms with Crippen molar-refractivity contribution in [1.82, 2.24) is 0 Å². The lowest BCUT2D eigenvalue weighted by Crippen LogP contribution is -2.32. The van der Waals surface area contributed by atoms with Gasteiger partial charge in [-0.3, -0.25) is 4.79 Å². The number of benzene rings is 2. The van der Waals surface area contributed by atoms with Gasteiger partial charge in [0.1, 0.15) is 18.1 Å². The van der Waals surface area contributed by atoms with Gasteiger partial charge in [0.25, 0.3) is 5.91 Å². The van der Waals surface area contributed by atoms with E-state index < -0.39 is 6.10 Å². The number of rotatable bonds is 8. The van der Waals surface area contributed by atoms with E-state index in [1.165, 1.54) is 5.56 Å². The van der Waals surface area contributed by atoms with Gasteiger partial charge in [-0.05, 0) is 67.8 Å². The van der Waals surface area contributed by atoms with Gasteiger partial charge in [-0.25, -0.2) is 0 Å². The van der Waals surface area contributed by atoms with Crippen LogP contribution in [0.1, 0.15) is 24.5 Å². The molecule has 2 rings (SSSR count). The molecule has 0 aliphatic carbocycles. The van der Waals surface area contributed by atoms with Crippen molar-refractivity contribution in [3.05, 3.63) is 66.2 Å². The fourth-order valence-corrected chi connectivity index (χ4v) is 2.29. The van der Waals surface area contributed by atoms with Crippen LogP contribution in [-0.4, -0.2) is 18.6 Å². The fraction of sp³-hybridized carbons (Fsp3) is 0.286. The van der Waals surface area contributed by atoms with Gasteiger partial charge < -0.3 is 14.8 Å². The highest BCUT2D eigenvalue weighted by molar-refractivity contribution is 5.94. The van der Waals surface area contributed by atoms with Crippen LogP contribution in [0.5, 0.6) is 11.5 Å². The van der Waals surface area contributed by atoms with Crippen LogP contribution in [0.4, 0.5) is 5.69 Å². The van der Waals surface area contributed by atoms with Gasteiger partial charge in [0.05, 0.1) is 0 Å². The molecular weight excluding hydrogens is 314 g/mol. The highest BCUT2D eigenvalue weighted by atomic mass is 16.5. The molecule has 0 bridgehead atoms. The SMILES string of the molecule is C=CCOc1ccc(NC(=O)[C@@H](CC)Oc2ccc(C)c(C)c2)cc1. The van der Waals surface area contributed by atoms with Crippen molar-refractivity contribution in [3.63, 3.8) is 0 Å². The first-order valence-corrected chi connectivity index (χ1v) is 8.42. The van der Waals surface area contributed by atoms with Crippen molar-refractivity contribution in [3.8, 4) is 11.5 Å². The summed E-state index contributed by atoms with van der Waals surface area (Å²) in [4.78, 5) is 12.5. The van der Waals surface area contributed by atoms with E-state index in [2.05, 4.69) is 11.9 Å². The summed E-state index contributed by atoms with van der Waals surface area (Å²) in [6.45, 7) is 10.1. The number of anilines is 1. The Morgan fingerprint density at radius 1 is 1.12 bits per heavy atom. The van der Waals surface area contributed by atoms with Crippen LogP contribution in [-0.2, 0) is 4.79 Å². The monoisotopic (exact) mass is 339 g/mol. The predicted molar refractivity (Wildman–Crippen MR) is 101 cm³/mol. The van der Waals surface area contributed by atoms with Crippen LogP contribution < -0.4 is 14.8 Å². The standard InChI is InChI=1S/C21H25NO3/c1-5-13-24-18-11-8-17(9-12-18)22-21(23)20(6-2)25-19-10-7-15(3)16(4)14-19/h5,7-12,14,20H,1,6,13H2,2-4H3,(H,22,23)/t20-/m1/s1. The molecule has 0 aliphatic heterocycles. The summed E-state index contributed by atoms with van der Waals surface area (Å²) >= 11 is 0. The topological polar surface area (TPSA) is 47.6 Å². The van der Waals surface area contributed by atoms with Crippen molar-refractivity contribution >= 4 is 11.6 Å². The Labute approximate surface area is 149 Å². The third-order valence-electron chi connectivity index (χ3n) is 3.91. The molecule has 2 aromatic carbocycles. The van der Waals surface area contributed by atoms with E-state index in [1.54, 1.807) is 18.2 Å². The fourth-order valence-electron chi connectivity index (χ4n) is 2.29. The molecule has 0 spiro atoms. The van der Waals surface area contributed by atoms with Crippen molar-refractivity contribution in [2.24, 2.45) is 0 Å². The molecule has 25 heavy (non-hydrogen) atoms. The first kappa shape index (κ1) is 18.6. The van der Waals surface area contributed by atoms with Crippen LogP contribution in [0.3, 0.4) is 0 Å². The molecule has 4 heteroatoms. The van der Waals surface area contributed by atoms with Crippen LogP contribution >= 0.6 is 0 Å². The summed E-state index contributed by atoms with van der Waals surface area (Å²) in [5.41, 5.74) is 3.05. The van der Waals surface area contributed by atoms with Gasteiger partial charge in [0.2, 0.25) is 0 Å². The van der Waals surface area contributed by atoms with Gasteiger partial charge in [-0.1, -0.05) is 25.6 Å². The molecule has 1 atom stereocenters. The normalized spacial score (nSPS) is 11.5. The van der Waals surface area contributed by atoms with Gasteiger partial charge >= 0.3 is 0 Å². The molecule has 0 saturated carbocycles. The second-order valence-corrected chi connectivity index (χ2v) is 5.87. The smallest absolute Gasteiger partial charge is 0.265 e. The van der Waals surface area contributed by atoms with Crippen LogP contribution in [0.15, 0.2) is 55.1 Å². The quantitative estimate of drug-likeness (QED) is 0.711. The van der Waals surface area contributed by atoms with E-state index in [-0.39, 0.29) is 5.91 Å². The third kappa shape index (κ3) is 5.38. The van der Waals surface area contributed by atoms with Crippen LogP contribution in [0.2, 0.25) is 0 Å². The van der Waals surface area contributed by atoms with Gasteiger partial charge in [0.15, 0.2) is 6.10 Å². The summed E-state index contributed by atoms with van der Waals surface area (Å²) in [6, 6.07) is 13.1. The summed E-state index contributed by atoms with van der Waals surface area (Å²) in [5.74, 6) is 1.27. The maximum atomic E-state index is 12.5. The first-order valence-electron chi connectivity index (χ1n) is 8.42. The second-order valence-electron chi connectivity index (χ2n) is 5.87. The number of carbonyl (C=O) groups excluding carboxylic acids is 1. The Morgan fingerprint density at radius 2 is 1.80 bits per heavy atom. The minimum Gasteiger partial charge on any atom is -0.490 e. The Balaban J connectivity index is 1.99. The predicted octanol–water partition coefficient (Wildman–Crippen LogP) is 4.66. The molecule has 1 amide bonds. The number of nitrogens with one attached hydrogen (secondary N) is 1. The zero-order valence-corrected chi connectivity index (χ0v) is 15.0. The molecule has 4 nitrogen and oxygen atoms in total. The molecule has 0 heterocycles. The van der Waals surface area contributed by atoms with E-state index in [0.717, 1.165) is 11.3 Å². The molecule has 0 saturated heterocycles. The van der Waals surface area contributed by atoms with Crippen LogP contribution in [0, 0.1) is 13.8 Å². The van der Waals surface area contributed by atoms with E-state index in [9.17, 15) is 4.79 Å².